The number of hydrogen-bond donors (Lipinski definition) is 3. The van der Waals surface area contributed by atoms with Gasteiger partial charge in [-0.2, -0.15) is 4.98 Å². The number of methoxy groups -OCH3 is 2. The number of benzene rings is 1. The zero-order valence-corrected chi connectivity index (χ0v) is 18.0. The molecule has 0 unspecified atom stereocenters. The average molecular weight is 450 g/mol. The number of carbonyl (C=O) groups is 3. The summed E-state index contributed by atoms with van der Waals surface area (Å²) in [5.41, 5.74) is 1.08. The van der Waals surface area contributed by atoms with Gasteiger partial charge in [0.25, 0.3) is 0 Å². The number of aromatic nitrogens is 2. The number of amides is 1. The second-order valence-corrected chi connectivity index (χ2v) is 6.97. The van der Waals surface area contributed by atoms with E-state index in [9.17, 15) is 4.79 Å². The van der Waals surface area contributed by atoms with Crippen LogP contribution in [0.15, 0.2) is 22.7 Å². The first-order valence-corrected chi connectivity index (χ1v) is 9.69. The lowest BCUT2D eigenvalue weighted by Gasteiger charge is -2.36. The molecule has 1 amide bonds. The Morgan fingerprint density at radius 1 is 1.16 bits per heavy atom. The molecular weight excluding hydrogens is 424 g/mol. The summed E-state index contributed by atoms with van der Waals surface area (Å²) in [5.74, 6) is -0.700. The Bertz CT molecular complexity index is 927. The topological polar surface area (TPSA) is 164 Å². The van der Waals surface area contributed by atoms with E-state index in [2.05, 4.69) is 20.4 Å². The molecule has 1 saturated heterocycles. The highest BCUT2D eigenvalue weighted by Gasteiger charge is 2.33. The summed E-state index contributed by atoms with van der Waals surface area (Å²) < 4.78 is 15.7. The molecule has 2 heterocycles. The SMILES string of the molecule is COc1ccc(CCNC(=O)CN2CC(c3nc(C)no3)C2)cc1OC.O=C(O)C(=O)O. The van der Waals surface area contributed by atoms with Crippen molar-refractivity contribution in [3.05, 3.63) is 35.5 Å². The van der Waals surface area contributed by atoms with Crippen LogP contribution in [-0.4, -0.2) is 83.5 Å². The first kappa shape index (κ1) is 24.6. The van der Waals surface area contributed by atoms with Crippen LogP contribution in [-0.2, 0) is 20.8 Å². The normalized spacial score (nSPS) is 13.3. The number of carboxylic acids is 2. The van der Waals surface area contributed by atoms with Crippen LogP contribution in [0.4, 0.5) is 0 Å². The summed E-state index contributed by atoms with van der Waals surface area (Å²) in [4.78, 5) is 36.6. The predicted octanol–water partition coefficient (Wildman–Crippen LogP) is 0.309. The quantitative estimate of drug-likeness (QED) is 0.474. The van der Waals surface area contributed by atoms with Gasteiger partial charge in [-0.05, 0) is 31.0 Å². The molecule has 1 aromatic carbocycles. The van der Waals surface area contributed by atoms with Crippen molar-refractivity contribution in [1.82, 2.24) is 20.4 Å². The van der Waals surface area contributed by atoms with E-state index in [4.69, 9.17) is 33.8 Å². The van der Waals surface area contributed by atoms with Gasteiger partial charge in [-0.3, -0.25) is 9.69 Å². The van der Waals surface area contributed by atoms with Crippen molar-refractivity contribution in [2.75, 3.05) is 40.4 Å². The zero-order valence-electron chi connectivity index (χ0n) is 18.0. The fourth-order valence-electron chi connectivity index (χ4n) is 2.98. The number of hydrogen-bond acceptors (Lipinski definition) is 9. The lowest BCUT2D eigenvalue weighted by Crippen LogP contribution is -2.49. The van der Waals surface area contributed by atoms with Crippen molar-refractivity contribution < 1.29 is 38.6 Å². The lowest BCUT2D eigenvalue weighted by molar-refractivity contribution is -0.159. The van der Waals surface area contributed by atoms with Gasteiger partial charge in [0.1, 0.15) is 0 Å². The largest absolute Gasteiger partial charge is 0.493 e. The number of aliphatic carboxylic acids is 2. The van der Waals surface area contributed by atoms with E-state index in [0.29, 0.717) is 36.3 Å². The molecule has 1 aliphatic heterocycles. The maximum Gasteiger partial charge on any atom is 0.414 e. The van der Waals surface area contributed by atoms with E-state index >= 15 is 0 Å². The lowest BCUT2D eigenvalue weighted by atomic mass is 10.0. The van der Waals surface area contributed by atoms with Crippen molar-refractivity contribution in [3.8, 4) is 11.5 Å². The second-order valence-electron chi connectivity index (χ2n) is 6.97. The summed E-state index contributed by atoms with van der Waals surface area (Å²) in [5, 5.41) is 21.5. The molecule has 1 aromatic heterocycles. The van der Waals surface area contributed by atoms with E-state index in [-0.39, 0.29) is 11.8 Å². The summed E-state index contributed by atoms with van der Waals surface area (Å²) in [6.45, 7) is 4.30. The van der Waals surface area contributed by atoms with Gasteiger partial charge in [0, 0.05) is 19.6 Å². The first-order chi connectivity index (χ1) is 15.2. The van der Waals surface area contributed by atoms with E-state index in [1.807, 2.05) is 18.2 Å². The van der Waals surface area contributed by atoms with Crippen molar-refractivity contribution in [1.29, 1.82) is 0 Å². The van der Waals surface area contributed by atoms with Crippen molar-refractivity contribution >= 4 is 17.8 Å². The fourth-order valence-corrected chi connectivity index (χ4v) is 2.98. The molecule has 3 N–H and O–H groups in total. The average Bonchev–Trinajstić information content (AvgIpc) is 3.16. The van der Waals surface area contributed by atoms with Crippen molar-refractivity contribution in [2.45, 2.75) is 19.3 Å². The van der Waals surface area contributed by atoms with Gasteiger partial charge in [-0.1, -0.05) is 11.2 Å². The van der Waals surface area contributed by atoms with Crippen molar-refractivity contribution in [2.24, 2.45) is 0 Å². The van der Waals surface area contributed by atoms with Crippen LogP contribution in [0, 0.1) is 6.92 Å². The van der Waals surface area contributed by atoms with E-state index < -0.39 is 11.9 Å². The van der Waals surface area contributed by atoms with Crippen LogP contribution in [0.25, 0.3) is 0 Å². The van der Waals surface area contributed by atoms with Gasteiger partial charge < -0.3 is 29.5 Å². The van der Waals surface area contributed by atoms with Gasteiger partial charge in [-0.15, -0.1) is 0 Å². The molecule has 2 aromatic rings. The number of carboxylic acid groups (broad SMARTS) is 2. The number of nitrogens with zero attached hydrogens (tertiary/aromatic N) is 3. The van der Waals surface area contributed by atoms with Gasteiger partial charge in [0.2, 0.25) is 11.8 Å². The van der Waals surface area contributed by atoms with Crippen LogP contribution in [0.1, 0.15) is 23.2 Å². The third-order valence-electron chi connectivity index (χ3n) is 4.58. The Morgan fingerprint density at radius 3 is 2.34 bits per heavy atom. The van der Waals surface area contributed by atoms with Gasteiger partial charge in [-0.25, -0.2) is 9.59 Å². The van der Waals surface area contributed by atoms with E-state index in [1.165, 1.54) is 0 Å². The Balaban J connectivity index is 0.000000534. The molecule has 12 heteroatoms. The monoisotopic (exact) mass is 450 g/mol. The highest BCUT2D eigenvalue weighted by molar-refractivity contribution is 6.27. The molecular formula is C20H26N4O8. The van der Waals surface area contributed by atoms with Crippen LogP contribution in [0.3, 0.4) is 0 Å². The van der Waals surface area contributed by atoms with Gasteiger partial charge in [0.15, 0.2) is 17.3 Å². The third kappa shape index (κ3) is 7.23. The molecule has 0 spiro atoms. The Kier molecular flexibility index (Phi) is 8.95. The molecule has 174 valence electrons. The minimum atomic E-state index is -1.82. The second kappa shape index (κ2) is 11.6. The summed E-state index contributed by atoms with van der Waals surface area (Å²) in [7, 11) is 3.22. The number of nitrogens with one attached hydrogen (secondary N) is 1. The number of rotatable bonds is 8. The van der Waals surface area contributed by atoms with Crippen LogP contribution >= 0.6 is 0 Å². The smallest absolute Gasteiger partial charge is 0.414 e. The van der Waals surface area contributed by atoms with Gasteiger partial charge in [0.05, 0.1) is 26.7 Å². The molecule has 1 aliphatic rings. The highest BCUT2D eigenvalue weighted by Crippen LogP contribution is 2.27. The molecule has 0 radical (unpaired) electrons. The Labute approximate surface area is 184 Å². The molecule has 3 rings (SSSR count). The number of carbonyl (C=O) groups excluding carboxylic acids is 1. The molecule has 1 fully saturated rings. The van der Waals surface area contributed by atoms with Crippen LogP contribution < -0.4 is 14.8 Å². The van der Waals surface area contributed by atoms with Crippen LogP contribution in [0.5, 0.6) is 11.5 Å². The summed E-state index contributed by atoms with van der Waals surface area (Å²) in [6.07, 6.45) is 0.732. The molecule has 32 heavy (non-hydrogen) atoms. The van der Waals surface area contributed by atoms with E-state index in [1.54, 1.807) is 21.1 Å². The maximum absolute atomic E-state index is 12.1. The molecule has 12 nitrogen and oxygen atoms in total. The minimum absolute atomic E-state index is 0.0191. The summed E-state index contributed by atoms with van der Waals surface area (Å²) >= 11 is 0. The Hall–Kier alpha value is -3.67. The predicted molar refractivity (Wildman–Crippen MR) is 110 cm³/mol. The molecule has 0 saturated carbocycles. The number of ether oxygens (including phenoxy) is 2. The number of aryl methyl sites for hydroxylation is 1. The Morgan fingerprint density at radius 2 is 1.81 bits per heavy atom. The minimum Gasteiger partial charge on any atom is -0.493 e. The third-order valence-corrected chi connectivity index (χ3v) is 4.58. The molecule has 0 aliphatic carbocycles. The first-order valence-electron chi connectivity index (χ1n) is 9.69. The highest BCUT2D eigenvalue weighted by atomic mass is 16.5. The molecule has 0 atom stereocenters. The molecule has 0 bridgehead atoms. The van der Waals surface area contributed by atoms with Gasteiger partial charge >= 0.3 is 11.9 Å². The van der Waals surface area contributed by atoms with Crippen molar-refractivity contribution in [3.63, 3.8) is 0 Å². The van der Waals surface area contributed by atoms with E-state index in [0.717, 1.165) is 25.1 Å². The van der Waals surface area contributed by atoms with Crippen LogP contribution in [0.2, 0.25) is 0 Å². The zero-order chi connectivity index (χ0) is 23.7. The summed E-state index contributed by atoms with van der Waals surface area (Å²) in [6, 6.07) is 5.77. The standard InChI is InChI=1S/C18H24N4O4.C2H2O4/c1-12-20-18(26-21-12)14-9-22(10-14)11-17(23)19-7-6-13-4-5-15(24-2)16(8-13)25-3;3-1(4)2(5)6/h4-5,8,14H,6-7,9-11H2,1-3H3,(H,19,23);(H,3,4)(H,5,6). The fraction of sp³-hybridized carbons (Fsp3) is 0.450. The maximum atomic E-state index is 12.1. The number of likely N-dealkylation sites (tertiary alicyclic amines) is 1.